The van der Waals surface area contributed by atoms with Crippen LogP contribution in [0.2, 0.25) is 5.02 Å². The first-order valence-electron chi connectivity index (χ1n) is 6.52. The summed E-state index contributed by atoms with van der Waals surface area (Å²) in [5.74, 6) is 0. The third-order valence-corrected chi connectivity index (χ3v) is 3.70. The summed E-state index contributed by atoms with van der Waals surface area (Å²) in [6.45, 7) is 4.41. The zero-order valence-corrected chi connectivity index (χ0v) is 11.9. The molecule has 0 saturated heterocycles. The number of hydrogen-bond donors (Lipinski definition) is 0. The van der Waals surface area contributed by atoms with Crippen molar-refractivity contribution < 1.29 is 0 Å². The van der Waals surface area contributed by atoms with Crippen molar-refractivity contribution in [2.45, 2.75) is 19.9 Å². The molecule has 1 heterocycles. The molecule has 0 atom stereocenters. The van der Waals surface area contributed by atoms with Gasteiger partial charge in [-0.05, 0) is 37.6 Å². The number of para-hydroxylation sites is 1. The fraction of sp³-hybridized carbons (Fsp3) is 0.176. The van der Waals surface area contributed by atoms with Crippen LogP contribution in [-0.2, 0) is 0 Å². The van der Waals surface area contributed by atoms with Gasteiger partial charge in [-0.2, -0.15) is 0 Å². The van der Waals surface area contributed by atoms with Gasteiger partial charge in [-0.3, -0.25) is 0 Å². The van der Waals surface area contributed by atoms with Crippen molar-refractivity contribution in [1.29, 1.82) is 0 Å². The first kappa shape index (κ1) is 12.3. The highest BCUT2D eigenvalue weighted by molar-refractivity contribution is 6.30. The molecule has 0 unspecified atom stereocenters. The van der Waals surface area contributed by atoms with Crippen LogP contribution < -0.4 is 0 Å². The molecule has 1 nitrogen and oxygen atoms in total. The van der Waals surface area contributed by atoms with Crippen LogP contribution in [0.3, 0.4) is 0 Å². The Morgan fingerprint density at radius 2 is 1.63 bits per heavy atom. The van der Waals surface area contributed by atoms with E-state index in [9.17, 15) is 0 Å². The average Bonchev–Trinajstić information content (AvgIpc) is 2.79. The van der Waals surface area contributed by atoms with Crippen LogP contribution in [0, 0.1) is 0 Å². The first-order valence-corrected chi connectivity index (χ1v) is 6.90. The molecule has 19 heavy (non-hydrogen) atoms. The van der Waals surface area contributed by atoms with Crippen molar-refractivity contribution >= 4 is 22.5 Å². The molecule has 0 N–H and O–H groups in total. The second-order valence-corrected chi connectivity index (χ2v) is 5.50. The standard InChI is InChI=1S/C17H16ClN/c1-12(2)19-11-16(13-7-9-14(18)10-8-13)15-5-3-4-6-17(15)19/h3-12H,1-2H3. The van der Waals surface area contributed by atoms with Gasteiger partial charge < -0.3 is 4.57 Å². The van der Waals surface area contributed by atoms with Gasteiger partial charge in [-0.25, -0.2) is 0 Å². The smallest absolute Gasteiger partial charge is 0.0489 e. The minimum absolute atomic E-state index is 0.450. The van der Waals surface area contributed by atoms with E-state index in [1.807, 2.05) is 12.1 Å². The van der Waals surface area contributed by atoms with E-state index >= 15 is 0 Å². The molecule has 96 valence electrons. The Hall–Kier alpha value is -1.73. The molecule has 3 aromatic rings. The van der Waals surface area contributed by atoms with E-state index < -0.39 is 0 Å². The van der Waals surface area contributed by atoms with Crippen molar-refractivity contribution in [3.05, 3.63) is 59.8 Å². The van der Waals surface area contributed by atoms with Crippen molar-refractivity contribution in [3.63, 3.8) is 0 Å². The van der Waals surface area contributed by atoms with Crippen LogP contribution in [0.15, 0.2) is 54.7 Å². The Morgan fingerprint density at radius 1 is 0.947 bits per heavy atom. The van der Waals surface area contributed by atoms with Crippen molar-refractivity contribution in [2.24, 2.45) is 0 Å². The summed E-state index contributed by atoms with van der Waals surface area (Å²) in [5, 5.41) is 2.06. The lowest BCUT2D eigenvalue weighted by molar-refractivity contribution is 0.623. The number of fused-ring (bicyclic) bond motifs is 1. The molecule has 0 aliphatic carbocycles. The molecular formula is C17H16ClN. The lowest BCUT2D eigenvalue weighted by Gasteiger charge is -2.08. The molecule has 0 spiro atoms. The van der Waals surface area contributed by atoms with Crippen LogP contribution >= 0.6 is 11.6 Å². The van der Waals surface area contributed by atoms with Gasteiger partial charge in [0, 0.05) is 33.7 Å². The SMILES string of the molecule is CC(C)n1cc(-c2ccc(Cl)cc2)c2ccccc21. The van der Waals surface area contributed by atoms with Crippen molar-refractivity contribution in [3.8, 4) is 11.1 Å². The summed E-state index contributed by atoms with van der Waals surface area (Å²) in [5.41, 5.74) is 3.75. The highest BCUT2D eigenvalue weighted by atomic mass is 35.5. The van der Waals surface area contributed by atoms with Gasteiger partial charge in [0.1, 0.15) is 0 Å². The van der Waals surface area contributed by atoms with Gasteiger partial charge in [0.05, 0.1) is 0 Å². The molecule has 1 aromatic heterocycles. The molecule has 0 bridgehead atoms. The predicted molar refractivity (Wildman–Crippen MR) is 82.8 cm³/mol. The second kappa shape index (κ2) is 4.75. The number of halogens is 1. The average molecular weight is 270 g/mol. The number of rotatable bonds is 2. The zero-order valence-electron chi connectivity index (χ0n) is 11.1. The Balaban J connectivity index is 2.26. The second-order valence-electron chi connectivity index (χ2n) is 5.07. The minimum Gasteiger partial charge on any atom is -0.344 e. The van der Waals surface area contributed by atoms with E-state index in [4.69, 9.17) is 11.6 Å². The van der Waals surface area contributed by atoms with E-state index in [1.54, 1.807) is 0 Å². The summed E-state index contributed by atoms with van der Waals surface area (Å²) >= 11 is 5.97. The van der Waals surface area contributed by atoms with Gasteiger partial charge in [-0.1, -0.05) is 41.9 Å². The highest BCUT2D eigenvalue weighted by Crippen LogP contribution is 2.32. The Morgan fingerprint density at radius 3 is 2.32 bits per heavy atom. The van der Waals surface area contributed by atoms with Gasteiger partial charge >= 0.3 is 0 Å². The third-order valence-electron chi connectivity index (χ3n) is 3.45. The quantitative estimate of drug-likeness (QED) is 0.575. The van der Waals surface area contributed by atoms with Crippen LogP contribution in [-0.4, -0.2) is 4.57 Å². The summed E-state index contributed by atoms with van der Waals surface area (Å²) in [7, 11) is 0. The maximum Gasteiger partial charge on any atom is 0.0489 e. The largest absolute Gasteiger partial charge is 0.344 e. The molecule has 0 fully saturated rings. The molecular weight excluding hydrogens is 254 g/mol. The molecule has 0 aliphatic heterocycles. The van der Waals surface area contributed by atoms with E-state index in [0.717, 1.165) is 5.02 Å². The van der Waals surface area contributed by atoms with Gasteiger partial charge in [0.15, 0.2) is 0 Å². The Labute approximate surface area is 118 Å². The number of aromatic nitrogens is 1. The van der Waals surface area contributed by atoms with Gasteiger partial charge in [-0.15, -0.1) is 0 Å². The van der Waals surface area contributed by atoms with Crippen LogP contribution in [0.25, 0.3) is 22.0 Å². The molecule has 0 radical (unpaired) electrons. The van der Waals surface area contributed by atoms with Crippen LogP contribution in [0.5, 0.6) is 0 Å². The number of hydrogen-bond acceptors (Lipinski definition) is 0. The summed E-state index contributed by atoms with van der Waals surface area (Å²) in [6.07, 6.45) is 2.23. The van der Waals surface area contributed by atoms with Gasteiger partial charge in [0.2, 0.25) is 0 Å². The summed E-state index contributed by atoms with van der Waals surface area (Å²) in [4.78, 5) is 0. The summed E-state index contributed by atoms with van der Waals surface area (Å²) in [6, 6.07) is 17.0. The first-order chi connectivity index (χ1) is 9.16. The monoisotopic (exact) mass is 269 g/mol. The van der Waals surface area contributed by atoms with E-state index in [0.29, 0.717) is 6.04 Å². The topological polar surface area (TPSA) is 4.93 Å². The lowest BCUT2D eigenvalue weighted by Crippen LogP contribution is -1.97. The third kappa shape index (κ3) is 2.15. The normalized spacial score (nSPS) is 11.4. The van der Waals surface area contributed by atoms with Crippen LogP contribution in [0.4, 0.5) is 0 Å². The molecule has 2 heteroatoms. The van der Waals surface area contributed by atoms with Crippen molar-refractivity contribution in [2.75, 3.05) is 0 Å². The Kier molecular flexibility index (Phi) is 3.08. The number of benzene rings is 2. The van der Waals surface area contributed by atoms with Gasteiger partial charge in [0.25, 0.3) is 0 Å². The minimum atomic E-state index is 0.450. The lowest BCUT2D eigenvalue weighted by atomic mass is 10.1. The van der Waals surface area contributed by atoms with Crippen LogP contribution in [0.1, 0.15) is 19.9 Å². The zero-order chi connectivity index (χ0) is 13.4. The molecule has 0 aliphatic rings. The fourth-order valence-corrected chi connectivity index (χ4v) is 2.62. The molecule has 2 aromatic carbocycles. The fourth-order valence-electron chi connectivity index (χ4n) is 2.49. The number of nitrogens with zero attached hydrogens (tertiary/aromatic N) is 1. The van der Waals surface area contributed by atoms with E-state index in [2.05, 4.69) is 61.0 Å². The summed E-state index contributed by atoms with van der Waals surface area (Å²) < 4.78 is 2.32. The molecule has 0 saturated carbocycles. The molecule has 0 amide bonds. The highest BCUT2D eigenvalue weighted by Gasteiger charge is 2.11. The Bertz CT molecular complexity index is 708. The van der Waals surface area contributed by atoms with E-state index in [1.165, 1.54) is 22.0 Å². The van der Waals surface area contributed by atoms with Crippen molar-refractivity contribution in [1.82, 2.24) is 4.57 Å². The maximum absolute atomic E-state index is 5.97. The predicted octanol–water partition coefficient (Wildman–Crippen LogP) is 5.54. The maximum atomic E-state index is 5.97. The molecule has 3 rings (SSSR count). The van der Waals surface area contributed by atoms with E-state index in [-0.39, 0.29) is 0 Å².